The number of halogens is 1. The summed E-state index contributed by atoms with van der Waals surface area (Å²) in [5, 5.41) is 0. The highest BCUT2D eigenvalue weighted by Crippen LogP contribution is 2.17. The maximum absolute atomic E-state index is 11.8. The number of nitrogens with zero attached hydrogens (tertiary/aromatic N) is 2. The van der Waals surface area contributed by atoms with Crippen molar-refractivity contribution in [2.45, 2.75) is 6.54 Å². The second-order valence-corrected chi connectivity index (χ2v) is 5.06. The van der Waals surface area contributed by atoms with Crippen LogP contribution in [0.3, 0.4) is 0 Å². The first-order valence-electron chi connectivity index (χ1n) is 5.63. The van der Waals surface area contributed by atoms with Gasteiger partial charge in [0.2, 0.25) is 0 Å². The van der Waals surface area contributed by atoms with Crippen LogP contribution in [-0.2, 0) is 6.54 Å². The summed E-state index contributed by atoms with van der Waals surface area (Å²) < 4.78 is 7.60. The normalized spacial score (nSPS) is 11.0. The van der Waals surface area contributed by atoms with Crippen molar-refractivity contribution in [1.82, 2.24) is 9.55 Å². The molecule has 1 aromatic carbocycles. The van der Waals surface area contributed by atoms with E-state index in [2.05, 4.69) is 20.9 Å². The first-order chi connectivity index (χ1) is 9.13. The van der Waals surface area contributed by atoms with Gasteiger partial charge in [-0.2, -0.15) is 0 Å². The lowest BCUT2D eigenvalue weighted by Gasteiger charge is -2.02. The zero-order valence-electron chi connectivity index (χ0n) is 9.84. The number of anilines is 1. The molecule has 0 saturated carbocycles. The van der Waals surface area contributed by atoms with Crippen molar-refractivity contribution in [3.63, 3.8) is 0 Å². The van der Waals surface area contributed by atoms with Crippen molar-refractivity contribution in [3.05, 3.63) is 57.2 Å². The number of nitrogen functional groups attached to an aromatic ring is 1. The molecule has 0 atom stereocenters. The number of oxazole rings is 1. The smallest absolute Gasteiger partial charge is 0.408 e. The molecule has 0 unspecified atom stereocenters. The lowest BCUT2D eigenvalue weighted by Crippen LogP contribution is -2.15. The molecule has 0 bridgehead atoms. The Morgan fingerprint density at radius 2 is 2.16 bits per heavy atom. The van der Waals surface area contributed by atoms with Crippen LogP contribution in [0, 0.1) is 0 Å². The second-order valence-electron chi connectivity index (χ2n) is 4.15. The van der Waals surface area contributed by atoms with Gasteiger partial charge in [-0.25, -0.2) is 4.79 Å². The molecule has 0 aliphatic carbocycles. The number of hydrogen-bond donors (Lipinski definition) is 1. The average Bonchev–Trinajstić information content (AvgIpc) is 2.68. The van der Waals surface area contributed by atoms with Gasteiger partial charge in [-0.1, -0.05) is 0 Å². The Labute approximate surface area is 116 Å². The van der Waals surface area contributed by atoms with Crippen LogP contribution in [0.1, 0.15) is 5.69 Å². The van der Waals surface area contributed by atoms with Crippen molar-refractivity contribution in [2.24, 2.45) is 0 Å². The highest BCUT2D eigenvalue weighted by atomic mass is 79.9. The first-order valence-corrected chi connectivity index (χ1v) is 6.42. The molecule has 0 spiro atoms. The number of nitrogens with two attached hydrogens (primary N) is 1. The number of aromatic nitrogens is 2. The summed E-state index contributed by atoms with van der Waals surface area (Å²) in [4.78, 5) is 16.1. The summed E-state index contributed by atoms with van der Waals surface area (Å²) in [7, 11) is 0. The topological polar surface area (TPSA) is 74.0 Å². The average molecular weight is 320 g/mol. The fraction of sp³-hybridized carbons (Fsp3) is 0.0769. The molecule has 2 heterocycles. The van der Waals surface area contributed by atoms with E-state index in [1.165, 1.54) is 4.57 Å². The molecule has 3 rings (SSSR count). The van der Waals surface area contributed by atoms with Crippen molar-refractivity contribution >= 4 is 32.7 Å². The molecule has 6 heteroatoms. The first kappa shape index (κ1) is 12.0. The van der Waals surface area contributed by atoms with Crippen LogP contribution in [0.15, 0.2) is 50.2 Å². The summed E-state index contributed by atoms with van der Waals surface area (Å²) in [6.07, 6.45) is 1.70. The fourth-order valence-electron chi connectivity index (χ4n) is 1.89. The Morgan fingerprint density at radius 1 is 1.32 bits per heavy atom. The van der Waals surface area contributed by atoms with Gasteiger partial charge in [-0.3, -0.25) is 9.55 Å². The third kappa shape index (κ3) is 2.26. The van der Waals surface area contributed by atoms with Crippen LogP contribution >= 0.6 is 15.9 Å². The minimum atomic E-state index is -0.412. The van der Waals surface area contributed by atoms with Crippen molar-refractivity contribution in [2.75, 3.05) is 5.73 Å². The molecule has 3 aromatic rings. The van der Waals surface area contributed by atoms with Crippen LogP contribution in [0.2, 0.25) is 0 Å². The van der Waals surface area contributed by atoms with Crippen molar-refractivity contribution in [1.29, 1.82) is 0 Å². The van der Waals surface area contributed by atoms with Crippen molar-refractivity contribution in [3.8, 4) is 0 Å². The maximum Gasteiger partial charge on any atom is 0.420 e. The van der Waals surface area contributed by atoms with Crippen LogP contribution in [0.25, 0.3) is 11.1 Å². The summed E-state index contributed by atoms with van der Waals surface area (Å²) in [5.74, 6) is -0.412. The van der Waals surface area contributed by atoms with E-state index in [1.807, 2.05) is 12.1 Å². The second kappa shape index (κ2) is 4.55. The third-order valence-corrected chi connectivity index (χ3v) is 3.27. The number of benzene rings is 1. The Balaban J connectivity index is 2.07. The summed E-state index contributed by atoms with van der Waals surface area (Å²) in [6, 6.07) is 8.89. The Bertz CT molecular complexity index is 790. The molecular weight excluding hydrogens is 310 g/mol. The molecule has 19 heavy (non-hydrogen) atoms. The largest absolute Gasteiger partial charge is 0.420 e. The van der Waals surface area contributed by atoms with E-state index >= 15 is 0 Å². The van der Waals surface area contributed by atoms with Crippen LogP contribution in [0.5, 0.6) is 0 Å². The fourth-order valence-corrected chi connectivity index (χ4v) is 2.13. The third-order valence-electron chi connectivity index (χ3n) is 2.80. The summed E-state index contributed by atoms with van der Waals surface area (Å²) in [6.45, 7) is 0.364. The SMILES string of the molecule is Nc1ccc2c(c1)oc(=O)n2Cc1ccc(Br)cn1. The molecule has 5 nitrogen and oxygen atoms in total. The lowest BCUT2D eigenvalue weighted by atomic mass is 10.3. The van der Waals surface area contributed by atoms with E-state index in [0.717, 1.165) is 10.2 Å². The lowest BCUT2D eigenvalue weighted by molar-refractivity contribution is 0.516. The Morgan fingerprint density at radius 3 is 2.89 bits per heavy atom. The van der Waals surface area contributed by atoms with Crippen LogP contribution in [-0.4, -0.2) is 9.55 Å². The molecule has 0 aliphatic rings. The molecule has 0 aliphatic heterocycles. The van der Waals surface area contributed by atoms with Gasteiger partial charge in [0.1, 0.15) is 0 Å². The Kier molecular flexibility index (Phi) is 2.87. The van der Waals surface area contributed by atoms with Gasteiger partial charge in [0.25, 0.3) is 0 Å². The number of rotatable bonds is 2. The number of pyridine rings is 1. The van der Waals surface area contributed by atoms with Gasteiger partial charge in [0.05, 0.1) is 17.8 Å². The maximum atomic E-state index is 11.8. The quantitative estimate of drug-likeness (QED) is 0.736. The number of hydrogen-bond acceptors (Lipinski definition) is 4. The van der Waals surface area contributed by atoms with E-state index in [-0.39, 0.29) is 0 Å². The zero-order chi connectivity index (χ0) is 13.4. The molecule has 0 radical (unpaired) electrons. The predicted molar refractivity (Wildman–Crippen MR) is 75.9 cm³/mol. The highest BCUT2D eigenvalue weighted by Gasteiger charge is 2.10. The van der Waals surface area contributed by atoms with E-state index < -0.39 is 5.76 Å². The molecular formula is C13H10BrN3O2. The van der Waals surface area contributed by atoms with Gasteiger partial charge in [0, 0.05) is 22.4 Å². The van der Waals surface area contributed by atoms with E-state index in [0.29, 0.717) is 23.3 Å². The summed E-state index contributed by atoms with van der Waals surface area (Å²) in [5.41, 5.74) is 8.21. The van der Waals surface area contributed by atoms with Gasteiger partial charge < -0.3 is 10.2 Å². The van der Waals surface area contributed by atoms with Gasteiger partial charge >= 0.3 is 5.76 Å². The highest BCUT2D eigenvalue weighted by molar-refractivity contribution is 9.10. The van der Waals surface area contributed by atoms with E-state index in [4.69, 9.17) is 10.2 Å². The molecule has 96 valence electrons. The molecule has 0 saturated heterocycles. The van der Waals surface area contributed by atoms with E-state index in [1.54, 1.807) is 24.4 Å². The van der Waals surface area contributed by atoms with E-state index in [9.17, 15) is 4.79 Å². The van der Waals surface area contributed by atoms with Gasteiger partial charge in [-0.15, -0.1) is 0 Å². The molecule has 0 amide bonds. The number of fused-ring (bicyclic) bond motifs is 1. The predicted octanol–water partition coefficient (Wildman–Crippen LogP) is 2.38. The minimum Gasteiger partial charge on any atom is -0.408 e. The van der Waals surface area contributed by atoms with Crippen molar-refractivity contribution < 1.29 is 4.42 Å². The Hall–Kier alpha value is -2.08. The molecule has 2 N–H and O–H groups in total. The van der Waals surface area contributed by atoms with Crippen LogP contribution < -0.4 is 11.5 Å². The molecule has 2 aromatic heterocycles. The minimum absolute atomic E-state index is 0.364. The van der Waals surface area contributed by atoms with Crippen LogP contribution in [0.4, 0.5) is 5.69 Å². The zero-order valence-corrected chi connectivity index (χ0v) is 11.4. The van der Waals surface area contributed by atoms with Gasteiger partial charge in [0.15, 0.2) is 5.58 Å². The standard InChI is InChI=1S/C13H10BrN3O2/c14-8-1-3-10(16-6-8)7-17-11-4-2-9(15)5-12(11)19-13(17)18/h1-6H,7,15H2. The summed E-state index contributed by atoms with van der Waals surface area (Å²) >= 11 is 3.32. The molecule has 0 fully saturated rings. The monoisotopic (exact) mass is 319 g/mol. The van der Waals surface area contributed by atoms with Gasteiger partial charge in [-0.05, 0) is 40.2 Å².